The summed E-state index contributed by atoms with van der Waals surface area (Å²) >= 11 is 1.73. The van der Waals surface area contributed by atoms with Crippen molar-refractivity contribution in [2.75, 3.05) is 6.61 Å². The van der Waals surface area contributed by atoms with Gasteiger partial charge in [0.15, 0.2) is 0 Å². The maximum absolute atomic E-state index is 13.2. The Morgan fingerprint density at radius 3 is 2.76 bits per heavy atom. The molecule has 1 heterocycles. The number of nitrogens with zero attached hydrogens (tertiary/aromatic N) is 1. The minimum atomic E-state index is -3.01. The van der Waals surface area contributed by atoms with E-state index in [1.54, 1.807) is 29.5 Å². The van der Waals surface area contributed by atoms with Crippen LogP contribution in [0.5, 0.6) is 0 Å². The topological polar surface area (TPSA) is 39.2 Å². The smallest absolute Gasteiger partial charge is 0.310 e. The summed E-state index contributed by atoms with van der Waals surface area (Å²) in [6.45, 7) is 1.75. The largest absolute Gasteiger partial charge is 0.466 e. The van der Waals surface area contributed by atoms with Gasteiger partial charge in [-0.05, 0) is 35.1 Å². The van der Waals surface area contributed by atoms with E-state index in [1.807, 2.05) is 0 Å². The van der Waals surface area contributed by atoms with Gasteiger partial charge < -0.3 is 4.74 Å². The van der Waals surface area contributed by atoms with Crippen LogP contribution in [0.25, 0.3) is 0 Å². The van der Waals surface area contributed by atoms with Crippen molar-refractivity contribution in [3.05, 3.63) is 26.8 Å². The number of alkyl halides is 2. The van der Waals surface area contributed by atoms with Gasteiger partial charge >= 0.3 is 5.97 Å². The number of pyridine rings is 1. The monoisotopic (exact) mass is 359 g/mol. The lowest BCUT2D eigenvalue weighted by molar-refractivity contribution is -0.142. The fraction of sp³-hybridized carbons (Fsp3) is 0.400. The highest BCUT2D eigenvalue weighted by atomic mass is 127. The number of carbonyl (C=O) groups excluding carboxylic acids is 1. The van der Waals surface area contributed by atoms with E-state index in [0.29, 0.717) is 3.57 Å². The molecule has 0 saturated heterocycles. The van der Waals surface area contributed by atoms with Crippen molar-refractivity contribution < 1.29 is 22.7 Å². The second kappa shape index (κ2) is 6.18. The molecule has 1 aromatic rings. The number of halogens is 4. The highest BCUT2D eigenvalue weighted by molar-refractivity contribution is 14.1. The molecule has 1 aromatic heterocycles. The second-order valence-electron chi connectivity index (χ2n) is 3.07. The average molecular weight is 359 g/mol. The summed E-state index contributed by atoms with van der Waals surface area (Å²) in [4.78, 5) is 14.4. The number of ether oxygens (including phenoxy) is 1. The Balaban J connectivity index is 3.12. The summed E-state index contributed by atoms with van der Waals surface area (Å²) in [5.74, 6) is -1.92. The van der Waals surface area contributed by atoms with Gasteiger partial charge in [-0.2, -0.15) is 4.39 Å². The van der Waals surface area contributed by atoms with Crippen LogP contribution in [0.2, 0.25) is 0 Å². The minimum Gasteiger partial charge on any atom is -0.466 e. The zero-order valence-corrected chi connectivity index (χ0v) is 11.0. The molecule has 0 fully saturated rings. The van der Waals surface area contributed by atoms with Gasteiger partial charge in [0.25, 0.3) is 6.43 Å². The second-order valence-corrected chi connectivity index (χ2v) is 4.23. The van der Waals surface area contributed by atoms with E-state index in [4.69, 9.17) is 0 Å². The average Bonchev–Trinajstić information content (AvgIpc) is 2.23. The zero-order chi connectivity index (χ0) is 13.0. The van der Waals surface area contributed by atoms with Crippen LogP contribution in [0.1, 0.15) is 24.5 Å². The molecule has 0 radical (unpaired) electrons. The lowest BCUT2D eigenvalue weighted by atomic mass is 10.1. The Bertz CT molecular complexity index is 426. The summed E-state index contributed by atoms with van der Waals surface area (Å²) in [5, 5.41) is 0. The molecule has 0 bridgehead atoms. The molecule has 7 heteroatoms. The molecule has 0 saturated carbocycles. The van der Waals surface area contributed by atoms with Gasteiger partial charge in [-0.25, -0.2) is 13.8 Å². The van der Waals surface area contributed by atoms with E-state index in [1.165, 1.54) is 0 Å². The third-order valence-corrected chi connectivity index (χ3v) is 2.90. The molecule has 0 atom stereocenters. The SMILES string of the molecule is CCOC(=O)Cc1c(I)cnc(F)c1C(F)F. The molecule has 0 spiro atoms. The van der Waals surface area contributed by atoms with E-state index in [0.717, 1.165) is 6.20 Å². The Labute approximate surface area is 110 Å². The lowest BCUT2D eigenvalue weighted by Gasteiger charge is -2.10. The van der Waals surface area contributed by atoms with E-state index in [2.05, 4.69) is 9.72 Å². The van der Waals surface area contributed by atoms with Gasteiger partial charge in [-0.15, -0.1) is 0 Å². The summed E-state index contributed by atoms with van der Waals surface area (Å²) in [5.41, 5.74) is -0.892. The van der Waals surface area contributed by atoms with Crippen LogP contribution in [-0.2, 0) is 16.0 Å². The molecule has 17 heavy (non-hydrogen) atoms. The highest BCUT2D eigenvalue weighted by Crippen LogP contribution is 2.28. The fourth-order valence-electron chi connectivity index (χ4n) is 1.27. The summed E-state index contributed by atoms with van der Waals surface area (Å²) in [6.07, 6.45) is -2.29. The molecule has 0 aromatic carbocycles. The molecule has 3 nitrogen and oxygen atoms in total. The van der Waals surface area contributed by atoms with E-state index < -0.39 is 23.9 Å². The fourth-order valence-corrected chi connectivity index (χ4v) is 1.89. The van der Waals surface area contributed by atoms with E-state index >= 15 is 0 Å². The normalized spacial score (nSPS) is 10.7. The van der Waals surface area contributed by atoms with Crippen LogP contribution in [0.3, 0.4) is 0 Å². The van der Waals surface area contributed by atoms with Crippen molar-refractivity contribution >= 4 is 28.6 Å². The highest BCUT2D eigenvalue weighted by Gasteiger charge is 2.23. The van der Waals surface area contributed by atoms with Gasteiger partial charge in [-0.3, -0.25) is 4.79 Å². The van der Waals surface area contributed by atoms with Crippen molar-refractivity contribution in [2.45, 2.75) is 19.8 Å². The Morgan fingerprint density at radius 1 is 1.59 bits per heavy atom. The van der Waals surface area contributed by atoms with Gasteiger partial charge in [0.05, 0.1) is 18.6 Å². The molecule has 0 aliphatic rings. The van der Waals surface area contributed by atoms with Gasteiger partial charge in [0.1, 0.15) is 0 Å². The molecular formula is C10H9F3INO2. The summed E-state index contributed by atoms with van der Waals surface area (Å²) in [6, 6.07) is 0. The number of hydrogen-bond donors (Lipinski definition) is 0. The van der Waals surface area contributed by atoms with Gasteiger partial charge in [0.2, 0.25) is 5.95 Å². The number of esters is 1. The summed E-state index contributed by atoms with van der Waals surface area (Å²) in [7, 11) is 0. The van der Waals surface area contributed by atoms with Crippen LogP contribution >= 0.6 is 22.6 Å². The zero-order valence-electron chi connectivity index (χ0n) is 8.84. The first-order valence-corrected chi connectivity index (χ1v) is 5.81. The van der Waals surface area contributed by atoms with Crippen molar-refractivity contribution in [3.8, 4) is 0 Å². The van der Waals surface area contributed by atoms with Crippen LogP contribution in [0.4, 0.5) is 13.2 Å². The first-order valence-electron chi connectivity index (χ1n) is 4.73. The summed E-state index contributed by atoms with van der Waals surface area (Å²) < 4.78 is 43.5. The van der Waals surface area contributed by atoms with Crippen LogP contribution in [0.15, 0.2) is 6.20 Å². The Hall–Kier alpha value is -0.860. The lowest BCUT2D eigenvalue weighted by Crippen LogP contribution is -2.13. The third-order valence-electron chi connectivity index (χ3n) is 1.97. The predicted molar refractivity (Wildman–Crippen MR) is 62.2 cm³/mol. The van der Waals surface area contributed by atoms with Crippen LogP contribution < -0.4 is 0 Å². The van der Waals surface area contributed by atoms with E-state index in [-0.39, 0.29) is 18.6 Å². The molecule has 0 N–H and O–H groups in total. The number of carbonyl (C=O) groups is 1. The Kier molecular flexibility index (Phi) is 5.16. The van der Waals surface area contributed by atoms with Crippen molar-refractivity contribution in [1.82, 2.24) is 4.98 Å². The van der Waals surface area contributed by atoms with Crippen molar-refractivity contribution in [1.29, 1.82) is 0 Å². The van der Waals surface area contributed by atoms with Crippen LogP contribution in [-0.4, -0.2) is 17.6 Å². The van der Waals surface area contributed by atoms with Gasteiger partial charge in [-0.1, -0.05) is 0 Å². The maximum Gasteiger partial charge on any atom is 0.310 e. The van der Waals surface area contributed by atoms with Crippen molar-refractivity contribution in [2.24, 2.45) is 0 Å². The molecule has 0 amide bonds. The molecule has 94 valence electrons. The number of rotatable bonds is 4. The number of hydrogen-bond acceptors (Lipinski definition) is 3. The standard InChI is InChI=1S/C10H9F3INO2/c1-2-17-7(16)3-5-6(14)4-15-10(13)8(5)9(11)12/h4,9H,2-3H2,1H3. The third kappa shape index (κ3) is 3.55. The first kappa shape index (κ1) is 14.2. The van der Waals surface area contributed by atoms with Crippen molar-refractivity contribution in [3.63, 3.8) is 0 Å². The molecule has 1 rings (SSSR count). The van der Waals surface area contributed by atoms with Crippen LogP contribution in [0, 0.1) is 9.52 Å². The van der Waals surface area contributed by atoms with E-state index in [9.17, 15) is 18.0 Å². The molecule has 0 aliphatic heterocycles. The molecule has 0 unspecified atom stereocenters. The Morgan fingerprint density at radius 2 is 2.24 bits per heavy atom. The quantitative estimate of drug-likeness (QED) is 0.472. The first-order chi connectivity index (χ1) is 7.97. The maximum atomic E-state index is 13.2. The van der Waals surface area contributed by atoms with Gasteiger partial charge in [0, 0.05) is 9.77 Å². The molecular weight excluding hydrogens is 350 g/mol. The minimum absolute atomic E-state index is 0.0634. The number of aromatic nitrogens is 1. The predicted octanol–water partition coefficient (Wildman–Crippen LogP) is 2.87. The molecule has 0 aliphatic carbocycles.